The van der Waals surface area contributed by atoms with Gasteiger partial charge in [0.1, 0.15) is 0 Å². The molecule has 20 heavy (non-hydrogen) atoms. The number of aromatic carboxylic acids is 2. The van der Waals surface area contributed by atoms with E-state index in [9.17, 15) is 14.7 Å². The van der Waals surface area contributed by atoms with E-state index in [2.05, 4.69) is 5.92 Å². The van der Waals surface area contributed by atoms with Crippen molar-refractivity contribution in [1.29, 1.82) is 0 Å². The first-order valence-electron chi connectivity index (χ1n) is 5.72. The second-order valence-corrected chi connectivity index (χ2v) is 4.03. The Bertz CT molecular complexity index is 724. The van der Waals surface area contributed by atoms with Crippen molar-refractivity contribution in [2.24, 2.45) is 0 Å². The normalized spacial score (nSPS) is 9.75. The lowest BCUT2D eigenvalue weighted by Crippen LogP contribution is -2.11. The molecule has 4 heteroatoms. The summed E-state index contributed by atoms with van der Waals surface area (Å²) in [5.41, 5.74) is 0.592. The molecule has 0 fully saturated rings. The first kappa shape index (κ1) is 13.4. The van der Waals surface area contributed by atoms with E-state index in [1.807, 2.05) is 0 Å². The quantitative estimate of drug-likeness (QED) is 0.838. The van der Waals surface area contributed by atoms with Crippen LogP contribution in [0.2, 0.25) is 0 Å². The van der Waals surface area contributed by atoms with Crippen LogP contribution in [-0.4, -0.2) is 22.2 Å². The standard InChI is InChI=1S/C16H10O4/c1-2-10-8-9-12(15(17)18)14(16(19)20)13(10)11-6-4-3-5-7-11/h1,3-9H,(H,17,18)(H,19,20). The van der Waals surface area contributed by atoms with Crippen LogP contribution in [0.5, 0.6) is 0 Å². The second kappa shape index (κ2) is 5.29. The van der Waals surface area contributed by atoms with Gasteiger partial charge in [0.2, 0.25) is 0 Å². The maximum Gasteiger partial charge on any atom is 0.337 e. The highest BCUT2D eigenvalue weighted by molar-refractivity contribution is 6.07. The van der Waals surface area contributed by atoms with E-state index in [1.165, 1.54) is 12.1 Å². The highest BCUT2D eigenvalue weighted by Gasteiger charge is 2.23. The lowest BCUT2D eigenvalue weighted by Gasteiger charge is -2.12. The number of hydrogen-bond donors (Lipinski definition) is 2. The predicted octanol–water partition coefficient (Wildman–Crippen LogP) is 2.73. The molecule has 2 N–H and O–H groups in total. The minimum Gasteiger partial charge on any atom is -0.478 e. The zero-order chi connectivity index (χ0) is 14.7. The van der Waals surface area contributed by atoms with E-state index in [0.29, 0.717) is 11.1 Å². The molecule has 0 radical (unpaired) electrons. The molecule has 0 aliphatic heterocycles. The number of carbonyl (C=O) groups is 2. The topological polar surface area (TPSA) is 74.6 Å². The van der Waals surface area contributed by atoms with E-state index in [4.69, 9.17) is 11.5 Å². The molecule has 0 saturated carbocycles. The molecule has 0 atom stereocenters. The second-order valence-electron chi connectivity index (χ2n) is 4.03. The number of terminal acetylenes is 1. The van der Waals surface area contributed by atoms with Crippen molar-refractivity contribution in [2.45, 2.75) is 0 Å². The summed E-state index contributed by atoms with van der Waals surface area (Å²) in [6, 6.07) is 11.3. The van der Waals surface area contributed by atoms with Gasteiger partial charge in [-0.2, -0.15) is 0 Å². The molecule has 4 nitrogen and oxygen atoms in total. The molecule has 0 unspecified atom stereocenters. The van der Waals surface area contributed by atoms with Gasteiger partial charge < -0.3 is 10.2 Å². The number of carboxylic acids is 2. The summed E-state index contributed by atoms with van der Waals surface area (Å²) in [7, 11) is 0. The van der Waals surface area contributed by atoms with Crippen molar-refractivity contribution in [3.63, 3.8) is 0 Å². The molecular weight excluding hydrogens is 256 g/mol. The molecule has 2 aromatic rings. The van der Waals surface area contributed by atoms with Crippen molar-refractivity contribution in [3.05, 3.63) is 59.2 Å². The van der Waals surface area contributed by atoms with Gasteiger partial charge in [-0.25, -0.2) is 9.59 Å². The first-order valence-corrected chi connectivity index (χ1v) is 5.72. The molecule has 0 bridgehead atoms. The van der Waals surface area contributed by atoms with Crippen LogP contribution in [0, 0.1) is 12.3 Å². The molecule has 0 spiro atoms. The lowest BCUT2D eigenvalue weighted by atomic mass is 9.91. The summed E-state index contributed by atoms with van der Waals surface area (Å²) in [5.74, 6) is -0.224. The molecule has 0 aliphatic carbocycles. The van der Waals surface area contributed by atoms with Crippen LogP contribution in [0.4, 0.5) is 0 Å². The van der Waals surface area contributed by atoms with Crippen LogP contribution >= 0.6 is 0 Å². The Morgan fingerprint density at radius 2 is 1.60 bits per heavy atom. The van der Waals surface area contributed by atoms with Gasteiger partial charge in [-0.1, -0.05) is 36.3 Å². The van der Waals surface area contributed by atoms with Gasteiger partial charge in [0.05, 0.1) is 11.1 Å². The average Bonchev–Trinajstić information content (AvgIpc) is 2.46. The van der Waals surface area contributed by atoms with Crippen molar-refractivity contribution >= 4 is 11.9 Å². The number of hydrogen-bond acceptors (Lipinski definition) is 2. The third kappa shape index (κ3) is 2.25. The van der Waals surface area contributed by atoms with Crippen LogP contribution in [0.25, 0.3) is 11.1 Å². The third-order valence-corrected chi connectivity index (χ3v) is 2.87. The largest absolute Gasteiger partial charge is 0.478 e. The minimum absolute atomic E-state index is 0.250. The van der Waals surface area contributed by atoms with E-state index in [-0.39, 0.29) is 16.7 Å². The van der Waals surface area contributed by atoms with Gasteiger partial charge in [-0.3, -0.25) is 0 Å². The van der Waals surface area contributed by atoms with E-state index < -0.39 is 11.9 Å². The van der Waals surface area contributed by atoms with Crippen LogP contribution in [0.1, 0.15) is 26.3 Å². The smallest absolute Gasteiger partial charge is 0.337 e. The molecule has 0 heterocycles. The van der Waals surface area contributed by atoms with Gasteiger partial charge in [0.25, 0.3) is 0 Å². The van der Waals surface area contributed by atoms with Gasteiger partial charge in [-0.15, -0.1) is 6.42 Å². The van der Waals surface area contributed by atoms with Crippen LogP contribution < -0.4 is 0 Å². The van der Waals surface area contributed by atoms with Gasteiger partial charge in [0, 0.05) is 11.1 Å². The Morgan fingerprint density at radius 1 is 0.950 bits per heavy atom. The monoisotopic (exact) mass is 266 g/mol. The van der Waals surface area contributed by atoms with E-state index in [0.717, 1.165) is 0 Å². The van der Waals surface area contributed by atoms with E-state index in [1.54, 1.807) is 30.3 Å². The van der Waals surface area contributed by atoms with Crippen molar-refractivity contribution < 1.29 is 19.8 Å². The molecule has 2 rings (SSSR count). The van der Waals surface area contributed by atoms with Crippen molar-refractivity contribution in [2.75, 3.05) is 0 Å². The molecular formula is C16H10O4. The lowest BCUT2D eigenvalue weighted by molar-refractivity contribution is 0.0652. The Morgan fingerprint density at radius 3 is 2.10 bits per heavy atom. The Kier molecular flexibility index (Phi) is 3.54. The SMILES string of the molecule is C#Cc1ccc(C(=O)O)c(C(=O)O)c1-c1ccccc1. The predicted molar refractivity (Wildman–Crippen MR) is 73.7 cm³/mol. The molecule has 0 amide bonds. The number of rotatable bonds is 3. The number of carboxylic acid groups (broad SMARTS) is 2. The third-order valence-electron chi connectivity index (χ3n) is 2.87. The number of benzene rings is 2. The Hall–Kier alpha value is -3.06. The maximum absolute atomic E-state index is 11.5. The van der Waals surface area contributed by atoms with E-state index >= 15 is 0 Å². The molecule has 0 saturated heterocycles. The molecule has 0 aliphatic rings. The van der Waals surface area contributed by atoms with Crippen molar-refractivity contribution in [3.8, 4) is 23.5 Å². The zero-order valence-corrected chi connectivity index (χ0v) is 10.3. The Balaban J connectivity index is 2.89. The summed E-state index contributed by atoms with van der Waals surface area (Å²) in [5, 5.41) is 18.5. The van der Waals surface area contributed by atoms with Gasteiger partial charge in [-0.05, 0) is 17.7 Å². The van der Waals surface area contributed by atoms with Crippen LogP contribution in [0.3, 0.4) is 0 Å². The fraction of sp³-hybridized carbons (Fsp3) is 0. The minimum atomic E-state index is -1.32. The Labute approximate surface area is 115 Å². The first-order chi connectivity index (χ1) is 9.56. The van der Waals surface area contributed by atoms with Crippen LogP contribution in [0.15, 0.2) is 42.5 Å². The molecule has 0 aromatic heterocycles. The summed E-state index contributed by atoms with van der Waals surface area (Å²) in [6.45, 7) is 0. The molecule has 2 aromatic carbocycles. The van der Waals surface area contributed by atoms with Gasteiger partial charge in [0.15, 0.2) is 0 Å². The highest BCUT2D eigenvalue weighted by atomic mass is 16.4. The fourth-order valence-corrected chi connectivity index (χ4v) is 2.03. The van der Waals surface area contributed by atoms with Crippen LogP contribution in [-0.2, 0) is 0 Å². The molecule has 98 valence electrons. The maximum atomic E-state index is 11.5. The summed E-state index contributed by atoms with van der Waals surface area (Å²) >= 11 is 0. The van der Waals surface area contributed by atoms with Crippen molar-refractivity contribution in [1.82, 2.24) is 0 Å². The summed E-state index contributed by atoms with van der Waals surface area (Å²) in [4.78, 5) is 22.7. The highest BCUT2D eigenvalue weighted by Crippen LogP contribution is 2.30. The zero-order valence-electron chi connectivity index (χ0n) is 10.3. The summed E-state index contributed by atoms with van der Waals surface area (Å²) in [6.07, 6.45) is 5.39. The average molecular weight is 266 g/mol. The summed E-state index contributed by atoms with van der Waals surface area (Å²) < 4.78 is 0. The fourth-order valence-electron chi connectivity index (χ4n) is 2.03. The van der Waals surface area contributed by atoms with Gasteiger partial charge >= 0.3 is 11.9 Å².